The summed E-state index contributed by atoms with van der Waals surface area (Å²) in [7, 11) is -4.21. The first-order valence-corrected chi connectivity index (χ1v) is 7.37. The van der Waals surface area contributed by atoms with Crippen molar-refractivity contribution in [3.8, 4) is 0 Å². The van der Waals surface area contributed by atoms with Crippen molar-refractivity contribution in [3.63, 3.8) is 0 Å². The van der Waals surface area contributed by atoms with E-state index in [4.69, 9.17) is 0 Å². The molecule has 1 aromatic carbocycles. The highest BCUT2D eigenvalue weighted by Crippen LogP contribution is 2.19. The smallest absolute Gasteiger partial charge is 0.241 e. The SMILES string of the molecule is CC(NS(=O)(=O)c1ncccc1F)c1ccc(F)c(F)c1. The van der Waals surface area contributed by atoms with Crippen LogP contribution in [0.25, 0.3) is 0 Å². The first-order chi connectivity index (χ1) is 9.81. The van der Waals surface area contributed by atoms with Gasteiger partial charge in [-0.25, -0.2) is 31.3 Å². The largest absolute Gasteiger partial charge is 0.261 e. The third kappa shape index (κ3) is 3.40. The molecule has 0 amide bonds. The zero-order valence-electron chi connectivity index (χ0n) is 10.8. The Labute approximate surface area is 119 Å². The minimum Gasteiger partial charge on any atom is -0.241 e. The molecule has 8 heteroatoms. The van der Waals surface area contributed by atoms with Crippen molar-refractivity contribution in [1.29, 1.82) is 0 Å². The predicted octanol–water partition coefficient (Wildman–Crippen LogP) is 2.54. The van der Waals surface area contributed by atoms with Gasteiger partial charge >= 0.3 is 0 Å². The minimum absolute atomic E-state index is 0.203. The van der Waals surface area contributed by atoms with Crippen LogP contribution in [0.4, 0.5) is 13.2 Å². The van der Waals surface area contributed by atoms with Gasteiger partial charge in [0.05, 0.1) is 0 Å². The summed E-state index contributed by atoms with van der Waals surface area (Å²) in [6.07, 6.45) is 1.14. The Kier molecular flexibility index (Phi) is 4.29. The average molecular weight is 316 g/mol. The molecule has 0 aliphatic carbocycles. The standard InChI is InChI=1S/C13H11F3N2O2S/c1-8(9-4-5-10(14)12(16)7-9)18-21(19,20)13-11(15)3-2-6-17-13/h2-8,18H,1H3. The lowest BCUT2D eigenvalue weighted by Crippen LogP contribution is -2.28. The van der Waals surface area contributed by atoms with Crippen LogP contribution in [-0.4, -0.2) is 13.4 Å². The topological polar surface area (TPSA) is 59.1 Å². The van der Waals surface area contributed by atoms with Crippen molar-refractivity contribution in [3.05, 3.63) is 59.5 Å². The molecule has 112 valence electrons. The Bertz CT molecular complexity index is 766. The molecule has 0 bridgehead atoms. The summed E-state index contributed by atoms with van der Waals surface area (Å²) in [6.45, 7) is 1.42. The first-order valence-electron chi connectivity index (χ1n) is 5.89. The molecule has 2 aromatic rings. The summed E-state index contributed by atoms with van der Waals surface area (Å²) in [4.78, 5) is 3.47. The first kappa shape index (κ1) is 15.5. The lowest BCUT2D eigenvalue weighted by atomic mass is 10.1. The highest BCUT2D eigenvalue weighted by atomic mass is 32.2. The van der Waals surface area contributed by atoms with Crippen molar-refractivity contribution in [2.45, 2.75) is 18.0 Å². The summed E-state index contributed by atoms with van der Waals surface area (Å²) in [5.41, 5.74) is 0.203. The Morgan fingerprint density at radius 3 is 2.43 bits per heavy atom. The van der Waals surface area contributed by atoms with Gasteiger partial charge in [0.1, 0.15) is 0 Å². The van der Waals surface area contributed by atoms with Crippen molar-refractivity contribution in [2.24, 2.45) is 0 Å². The Balaban J connectivity index is 2.28. The van der Waals surface area contributed by atoms with Gasteiger partial charge in [-0.05, 0) is 36.8 Å². The molecule has 1 aromatic heterocycles. The van der Waals surface area contributed by atoms with E-state index in [-0.39, 0.29) is 5.56 Å². The van der Waals surface area contributed by atoms with Gasteiger partial charge < -0.3 is 0 Å². The number of nitrogens with zero attached hydrogens (tertiary/aromatic N) is 1. The normalized spacial score (nSPS) is 13.1. The molecule has 0 saturated carbocycles. The summed E-state index contributed by atoms with van der Waals surface area (Å²) < 4.78 is 65.6. The summed E-state index contributed by atoms with van der Waals surface area (Å²) in [5.74, 6) is -3.13. The molecule has 21 heavy (non-hydrogen) atoms. The third-order valence-electron chi connectivity index (χ3n) is 2.75. The number of pyridine rings is 1. The monoisotopic (exact) mass is 316 g/mol. The van der Waals surface area contributed by atoms with Crippen molar-refractivity contribution >= 4 is 10.0 Å². The Morgan fingerprint density at radius 1 is 1.10 bits per heavy atom. The van der Waals surface area contributed by atoms with E-state index in [9.17, 15) is 21.6 Å². The van der Waals surface area contributed by atoms with Gasteiger partial charge in [-0.2, -0.15) is 0 Å². The number of hydrogen-bond donors (Lipinski definition) is 1. The quantitative estimate of drug-likeness (QED) is 0.943. The molecule has 0 aliphatic heterocycles. The molecule has 0 radical (unpaired) electrons. The fourth-order valence-corrected chi connectivity index (χ4v) is 2.94. The van der Waals surface area contributed by atoms with E-state index in [1.54, 1.807) is 0 Å². The number of benzene rings is 1. The number of hydrogen-bond acceptors (Lipinski definition) is 3. The van der Waals surface area contributed by atoms with Gasteiger partial charge in [-0.3, -0.25) is 0 Å². The lowest BCUT2D eigenvalue weighted by molar-refractivity contribution is 0.503. The highest BCUT2D eigenvalue weighted by Gasteiger charge is 2.23. The number of halogens is 3. The molecule has 4 nitrogen and oxygen atoms in total. The van der Waals surface area contributed by atoms with Crippen molar-refractivity contribution < 1.29 is 21.6 Å². The molecule has 1 atom stereocenters. The molecular weight excluding hydrogens is 305 g/mol. The lowest BCUT2D eigenvalue weighted by Gasteiger charge is -2.14. The molecule has 0 saturated heterocycles. The number of nitrogens with one attached hydrogen (secondary N) is 1. The van der Waals surface area contributed by atoms with E-state index in [1.807, 2.05) is 0 Å². The molecule has 0 aliphatic rings. The van der Waals surface area contributed by atoms with E-state index >= 15 is 0 Å². The van der Waals surface area contributed by atoms with Gasteiger partial charge in [0.25, 0.3) is 10.0 Å². The van der Waals surface area contributed by atoms with E-state index in [1.165, 1.54) is 19.1 Å². The fourth-order valence-electron chi connectivity index (χ4n) is 1.71. The Hall–Kier alpha value is -1.93. The Morgan fingerprint density at radius 2 is 1.81 bits per heavy atom. The molecular formula is C13H11F3N2O2S. The van der Waals surface area contributed by atoms with E-state index in [2.05, 4.69) is 9.71 Å². The van der Waals surface area contributed by atoms with Crippen LogP contribution in [0.5, 0.6) is 0 Å². The molecule has 2 rings (SSSR count). The van der Waals surface area contributed by atoms with Crippen LogP contribution in [-0.2, 0) is 10.0 Å². The van der Waals surface area contributed by atoms with Crippen LogP contribution >= 0.6 is 0 Å². The van der Waals surface area contributed by atoms with Crippen LogP contribution in [0.1, 0.15) is 18.5 Å². The predicted molar refractivity (Wildman–Crippen MR) is 69.3 cm³/mol. The molecule has 1 N–H and O–H groups in total. The maximum atomic E-state index is 13.5. The van der Waals surface area contributed by atoms with Gasteiger partial charge in [0.2, 0.25) is 5.03 Å². The highest BCUT2D eigenvalue weighted by molar-refractivity contribution is 7.89. The zero-order valence-corrected chi connectivity index (χ0v) is 11.7. The zero-order chi connectivity index (χ0) is 15.6. The third-order valence-corrected chi connectivity index (χ3v) is 4.23. The van der Waals surface area contributed by atoms with E-state index in [0.717, 1.165) is 24.4 Å². The van der Waals surface area contributed by atoms with Gasteiger partial charge in [0.15, 0.2) is 17.5 Å². The van der Waals surface area contributed by atoms with E-state index < -0.39 is 38.5 Å². The fraction of sp³-hybridized carbons (Fsp3) is 0.154. The second-order valence-electron chi connectivity index (χ2n) is 4.31. The maximum Gasteiger partial charge on any atom is 0.261 e. The molecule has 0 spiro atoms. The minimum atomic E-state index is -4.21. The number of aromatic nitrogens is 1. The second kappa shape index (κ2) is 5.82. The molecule has 1 unspecified atom stereocenters. The summed E-state index contributed by atoms with van der Waals surface area (Å²) in [6, 6.07) is 4.33. The number of sulfonamides is 1. The second-order valence-corrected chi connectivity index (χ2v) is 5.94. The number of rotatable bonds is 4. The van der Waals surface area contributed by atoms with Crippen LogP contribution in [0.3, 0.4) is 0 Å². The summed E-state index contributed by atoms with van der Waals surface area (Å²) in [5, 5.41) is -0.751. The van der Waals surface area contributed by atoms with Crippen LogP contribution < -0.4 is 4.72 Å². The van der Waals surface area contributed by atoms with Crippen LogP contribution in [0, 0.1) is 17.5 Å². The van der Waals surface area contributed by atoms with Gasteiger partial charge in [0, 0.05) is 12.2 Å². The van der Waals surface area contributed by atoms with E-state index in [0.29, 0.717) is 0 Å². The van der Waals surface area contributed by atoms with Crippen molar-refractivity contribution in [1.82, 2.24) is 9.71 Å². The summed E-state index contributed by atoms with van der Waals surface area (Å²) >= 11 is 0. The van der Waals surface area contributed by atoms with Crippen LogP contribution in [0.15, 0.2) is 41.6 Å². The van der Waals surface area contributed by atoms with Gasteiger partial charge in [-0.1, -0.05) is 6.07 Å². The van der Waals surface area contributed by atoms with Gasteiger partial charge in [-0.15, -0.1) is 0 Å². The molecule has 0 fully saturated rings. The molecule has 1 heterocycles. The average Bonchev–Trinajstić information content (AvgIpc) is 2.41. The van der Waals surface area contributed by atoms with Crippen LogP contribution in [0.2, 0.25) is 0 Å². The maximum absolute atomic E-state index is 13.5. The van der Waals surface area contributed by atoms with Crippen molar-refractivity contribution in [2.75, 3.05) is 0 Å².